The minimum atomic E-state index is -1.83. The van der Waals surface area contributed by atoms with Crippen molar-refractivity contribution in [2.75, 3.05) is 17.8 Å². The number of nitro groups is 1. The van der Waals surface area contributed by atoms with Gasteiger partial charge in [-0.25, -0.2) is 0 Å². The van der Waals surface area contributed by atoms with Gasteiger partial charge in [-0.05, 0) is 6.07 Å². The van der Waals surface area contributed by atoms with E-state index in [0.717, 1.165) is 12.3 Å². The molecule has 0 atom stereocenters. The molecular formula is C13H9F4N5O2. The molecule has 7 nitrogen and oxygen atoms in total. The number of rotatable bonds is 5. The Morgan fingerprint density at radius 1 is 1.21 bits per heavy atom. The van der Waals surface area contributed by atoms with Gasteiger partial charge in [0.25, 0.3) is 17.6 Å². The van der Waals surface area contributed by atoms with Crippen molar-refractivity contribution in [1.82, 2.24) is 4.98 Å². The summed E-state index contributed by atoms with van der Waals surface area (Å²) in [6.45, 7) is 0. The summed E-state index contributed by atoms with van der Waals surface area (Å²) >= 11 is 0. The fourth-order valence-electron chi connectivity index (χ4n) is 1.75. The number of benzene rings is 1. The lowest BCUT2D eigenvalue weighted by Crippen LogP contribution is -2.06. The van der Waals surface area contributed by atoms with Crippen LogP contribution >= 0.6 is 0 Å². The summed E-state index contributed by atoms with van der Waals surface area (Å²) in [6, 6.07) is 3.98. The Hall–Kier alpha value is -3.24. The van der Waals surface area contributed by atoms with E-state index >= 15 is 0 Å². The average Bonchev–Trinajstić information content (AvgIpc) is 2.56. The third-order valence-electron chi connectivity index (χ3n) is 2.88. The number of nitrogens with one attached hydrogen (secondary N) is 2. The third kappa shape index (κ3) is 3.39. The zero-order valence-corrected chi connectivity index (χ0v) is 12.0. The Kier molecular flexibility index (Phi) is 4.92. The van der Waals surface area contributed by atoms with Crippen molar-refractivity contribution in [2.24, 2.45) is 5.10 Å². The molecule has 1 aromatic heterocycles. The minimum Gasteiger partial charge on any atom is -0.383 e. The minimum absolute atomic E-state index is 0.212. The summed E-state index contributed by atoms with van der Waals surface area (Å²) in [7, 11) is 1.50. The molecule has 0 amide bonds. The highest BCUT2D eigenvalue weighted by atomic mass is 19.2. The van der Waals surface area contributed by atoms with Crippen LogP contribution in [0.4, 0.5) is 34.6 Å². The lowest BCUT2D eigenvalue weighted by atomic mass is 10.2. The molecule has 0 saturated heterocycles. The van der Waals surface area contributed by atoms with Crippen LogP contribution in [0.1, 0.15) is 5.56 Å². The van der Waals surface area contributed by atoms with E-state index in [-0.39, 0.29) is 16.9 Å². The largest absolute Gasteiger partial charge is 0.383 e. The normalized spacial score (nSPS) is 10.9. The molecule has 0 aliphatic heterocycles. The maximum atomic E-state index is 13.4. The Labute approximate surface area is 132 Å². The fourth-order valence-corrected chi connectivity index (χ4v) is 1.75. The van der Waals surface area contributed by atoms with Gasteiger partial charge >= 0.3 is 0 Å². The van der Waals surface area contributed by atoms with Crippen molar-refractivity contribution in [2.45, 2.75) is 0 Å². The van der Waals surface area contributed by atoms with Gasteiger partial charge < -0.3 is 5.32 Å². The summed E-state index contributed by atoms with van der Waals surface area (Å²) in [6.07, 6.45) is 0.988. The molecule has 2 aromatic rings. The van der Waals surface area contributed by atoms with Gasteiger partial charge in [0.2, 0.25) is 11.6 Å². The third-order valence-corrected chi connectivity index (χ3v) is 2.88. The number of hydrazone groups is 1. The molecule has 0 unspecified atom stereocenters. The maximum Gasteiger partial charge on any atom is 0.292 e. The molecule has 11 heteroatoms. The SMILES string of the molecule is CNc1ccc(/C=N/Nc2c(F)c(F)nc(F)c2F)cc1[N+](=O)[O-]. The number of nitro benzene ring substituents is 1. The number of anilines is 2. The molecule has 1 heterocycles. The van der Waals surface area contributed by atoms with Gasteiger partial charge in [-0.2, -0.15) is 27.6 Å². The maximum absolute atomic E-state index is 13.4. The smallest absolute Gasteiger partial charge is 0.292 e. The van der Waals surface area contributed by atoms with Gasteiger partial charge in [0.1, 0.15) is 11.4 Å². The van der Waals surface area contributed by atoms with Gasteiger partial charge in [-0.3, -0.25) is 15.5 Å². The van der Waals surface area contributed by atoms with E-state index in [9.17, 15) is 27.7 Å². The summed E-state index contributed by atoms with van der Waals surface area (Å²) in [4.78, 5) is 12.7. The summed E-state index contributed by atoms with van der Waals surface area (Å²) < 4.78 is 52.6. The topological polar surface area (TPSA) is 92.5 Å². The first kappa shape index (κ1) is 17.1. The molecule has 0 aliphatic carbocycles. The molecular weight excluding hydrogens is 334 g/mol. The number of hydrogen-bond donors (Lipinski definition) is 2. The van der Waals surface area contributed by atoms with E-state index < -0.39 is 34.1 Å². The Balaban J connectivity index is 2.27. The summed E-state index contributed by atoms with van der Waals surface area (Å²) in [5.41, 5.74) is 0.846. The lowest BCUT2D eigenvalue weighted by Gasteiger charge is -2.05. The van der Waals surface area contributed by atoms with E-state index in [1.165, 1.54) is 19.2 Å². The van der Waals surface area contributed by atoms with Gasteiger partial charge in [-0.15, -0.1) is 0 Å². The molecule has 0 spiro atoms. The fraction of sp³-hybridized carbons (Fsp3) is 0.0769. The van der Waals surface area contributed by atoms with Crippen LogP contribution in [-0.2, 0) is 0 Å². The molecule has 2 rings (SSSR count). The van der Waals surface area contributed by atoms with Gasteiger partial charge in [0.05, 0.1) is 11.1 Å². The van der Waals surface area contributed by atoms with Crippen LogP contribution in [0.15, 0.2) is 23.3 Å². The monoisotopic (exact) mass is 343 g/mol. The second-order valence-corrected chi connectivity index (χ2v) is 4.35. The number of aromatic nitrogens is 1. The van der Waals surface area contributed by atoms with Crippen LogP contribution in [0.5, 0.6) is 0 Å². The first-order chi connectivity index (χ1) is 11.3. The van der Waals surface area contributed by atoms with Crippen LogP contribution in [-0.4, -0.2) is 23.2 Å². The van der Waals surface area contributed by atoms with Crippen LogP contribution in [0, 0.1) is 33.6 Å². The van der Waals surface area contributed by atoms with Crippen molar-refractivity contribution in [1.29, 1.82) is 0 Å². The van der Waals surface area contributed by atoms with Crippen molar-refractivity contribution in [3.05, 3.63) is 57.4 Å². The molecule has 0 saturated carbocycles. The average molecular weight is 343 g/mol. The van der Waals surface area contributed by atoms with E-state index in [4.69, 9.17) is 0 Å². The standard InChI is InChI=1S/C13H9F4N5O2/c1-18-7-3-2-6(4-8(7)22(23)24)5-19-21-11-9(14)12(16)20-13(17)10(11)15/h2-5,18H,1H3,(H,20,21)/b19-5+. The van der Waals surface area contributed by atoms with Crippen molar-refractivity contribution in [3.63, 3.8) is 0 Å². The predicted octanol–water partition coefficient (Wildman–Crippen LogP) is 3.03. The molecule has 0 aliphatic rings. The van der Waals surface area contributed by atoms with Gasteiger partial charge in [-0.1, -0.05) is 6.07 Å². The Morgan fingerprint density at radius 2 is 1.83 bits per heavy atom. The second-order valence-electron chi connectivity index (χ2n) is 4.35. The zero-order valence-electron chi connectivity index (χ0n) is 12.0. The summed E-state index contributed by atoms with van der Waals surface area (Å²) in [5.74, 6) is -7.16. The highest BCUT2D eigenvalue weighted by molar-refractivity contribution is 5.83. The molecule has 0 bridgehead atoms. The summed E-state index contributed by atoms with van der Waals surface area (Å²) in [5, 5.41) is 16.9. The molecule has 126 valence electrons. The van der Waals surface area contributed by atoms with Gasteiger partial charge in [0.15, 0.2) is 0 Å². The highest BCUT2D eigenvalue weighted by Crippen LogP contribution is 2.25. The first-order valence-electron chi connectivity index (χ1n) is 6.30. The van der Waals surface area contributed by atoms with Crippen molar-refractivity contribution < 1.29 is 22.5 Å². The van der Waals surface area contributed by atoms with Crippen molar-refractivity contribution in [3.8, 4) is 0 Å². The van der Waals surface area contributed by atoms with E-state index in [2.05, 4.69) is 15.4 Å². The second kappa shape index (κ2) is 6.89. The molecule has 1 aromatic carbocycles. The zero-order chi connectivity index (χ0) is 17.9. The predicted molar refractivity (Wildman–Crippen MR) is 77.9 cm³/mol. The Morgan fingerprint density at radius 3 is 2.38 bits per heavy atom. The van der Waals surface area contributed by atoms with Crippen LogP contribution < -0.4 is 10.7 Å². The van der Waals surface area contributed by atoms with Crippen LogP contribution in [0.3, 0.4) is 0 Å². The van der Waals surface area contributed by atoms with Crippen LogP contribution in [0.2, 0.25) is 0 Å². The molecule has 0 fully saturated rings. The molecule has 24 heavy (non-hydrogen) atoms. The highest BCUT2D eigenvalue weighted by Gasteiger charge is 2.20. The number of pyridine rings is 1. The van der Waals surface area contributed by atoms with Crippen LogP contribution in [0.25, 0.3) is 0 Å². The number of nitrogens with zero attached hydrogens (tertiary/aromatic N) is 3. The van der Waals surface area contributed by atoms with E-state index in [1.54, 1.807) is 5.43 Å². The number of hydrogen-bond acceptors (Lipinski definition) is 6. The van der Waals surface area contributed by atoms with Crippen molar-refractivity contribution >= 4 is 23.3 Å². The first-order valence-corrected chi connectivity index (χ1v) is 6.30. The molecule has 2 N–H and O–H groups in total. The van der Waals surface area contributed by atoms with E-state index in [0.29, 0.717) is 0 Å². The van der Waals surface area contributed by atoms with E-state index in [1.807, 2.05) is 0 Å². The Bertz CT molecular complexity index is 802. The number of halogens is 4. The quantitative estimate of drug-likeness (QED) is 0.286. The van der Waals surface area contributed by atoms with Gasteiger partial charge in [0, 0.05) is 18.7 Å². The molecule has 0 radical (unpaired) electrons. The lowest BCUT2D eigenvalue weighted by molar-refractivity contribution is -0.383.